The van der Waals surface area contributed by atoms with Crippen molar-refractivity contribution in [3.05, 3.63) is 35.9 Å². The molecule has 0 amide bonds. The first kappa shape index (κ1) is 15.0. The quantitative estimate of drug-likeness (QED) is 0.820. The van der Waals surface area contributed by atoms with Crippen LogP contribution in [0, 0.1) is 0 Å². The van der Waals surface area contributed by atoms with Gasteiger partial charge in [-0.2, -0.15) is 0 Å². The molecule has 0 aromatic heterocycles. The summed E-state index contributed by atoms with van der Waals surface area (Å²) in [5, 5.41) is 0. The molecule has 1 aromatic rings. The molecule has 0 heterocycles. The molecule has 0 unspecified atom stereocenters. The molecule has 0 saturated carbocycles. The third kappa shape index (κ3) is 3.26. The van der Waals surface area contributed by atoms with Crippen LogP contribution in [0.1, 0.15) is 5.56 Å². The minimum atomic E-state index is -2.62. The summed E-state index contributed by atoms with van der Waals surface area (Å²) in [6.07, 6.45) is 0. The Kier molecular flexibility index (Phi) is 5.52. The molecule has 0 saturated heterocycles. The molecule has 0 fully saturated rings. The van der Waals surface area contributed by atoms with Crippen LogP contribution in [-0.2, 0) is 25.3 Å². The predicted molar refractivity (Wildman–Crippen MR) is 71.2 cm³/mol. The van der Waals surface area contributed by atoms with Crippen molar-refractivity contribution in [3.63, 3.8) is 0 Å². The van der Waals surface area contributed by atoms with E-state index < -0.39 is 21.1 Å². The molecule has 0 bridgehead atoms. The van der Waals surface area contributed by atoms with Crippen LogP contribution in [0.4, 0.5) is 0 Å². The Hall–Kier alpha value is -0.0169. The van der Waals surface area contributed by atoms with Gasteiger partial charge >= 0.3 is 112 Å². The van der Waals surface area contributed by atoms with Crippen molar-refractivity contribution in [3.8, 4) is 0 Å². The van der Waals surface area contributed by atoms with Gasteiger partial charge in [0.2, 0.25) is 0 Å². The minimum absolute atomic E-state index is 1.18. The third-order valence-electron chi connectivity index (χ3n) is 3.43. The van der Waals surface area contributed by atoms with Crippen LogP contribution in [0.5, 0.6) is 0 Å². The van der Waals surface area contributed by atoms with E-state index in [2.05, 4.69) is 81.1 Å². The second kappa shape index (κ2) is 6.24. The van der Waals surface area contributed by atoms with Crippen molar-refractivity contribution in [1.29, 1.82) is 0 Å². The fraction of sp³-hybridized carbons (Fsp3) is 0.538. The molecule has 1 aromatic carbocycles. The first-order valence-corrected chi connectivity index (χ1v) is 11.0. The van der Waals surface area contributed by atoms with E-state index >= 15 is 0 Å². The molecular formula is C13H25N3Zr. The van der Waals surface area contributed by atoms with Crippen molar-refractivity contribution in [2.45, 2.75) is 4.13 Å². The van der Waals surface area contributed by atoms with Crippen molar-refractivity contribution in [1.82, 2.24) is 8.53 Å². The van der Waals surface area contributed by atoms with E-state index in [0.717, 1.165) is 0 Å². The molecule has 0 N–H and O–H groups in total. The first-order valence-electron chi connectivity index (χ1n) is 5.97. The topological polar surface area (TPSA) is 9.72 Å². The second-order valence-electron chi connectivity index (χ2n) is 5.12. The Balaban J connectivity index is 3.07. The number of nitrogens with zero attached hydrogens (tertiary/aromatic N) is 3. The van der Waals surface area contributed by atoms with Gasteiger partial charge in [-0.05, 0) is 0 Å². The van der Waals surface area contributed by atoms with E-state index in [1.807, 2.05) is 0 Å². The Labute approximate surface area is 112 Å². The van der Waals surface area contributed by atoms with Gasteiger partial charge in [0.15, 0.2) is 0 Å². The van der Waals surface area contributed by atoms with Crippen LogP contribution >= 0.6 is 0 Å². The fourth-order valence-corrected chi connectivity index (χ4v) is 12.7. The second-order valence-corrected chi connectivity index (χ2v) is 16.4. The van der Waals surface area contributed by atoms with Crippen LogP contribution in [-0.4, -0.2) is 50.8 Å². The molecule has 4 heteroatoms. The summed E-state index contributed by atoms with van der Waals surface area (Å²) >= 11 is -2.62. The zero-order chi connectivity index (χ0) is 13.1. The van der Waals surface area contributed by atoms with Crippen LogP contribution < -0.4 is 0 Å². The van der Waals surface area contributed by atoms with E-state index in [0.29, 0.717) is 0 Å². The van der Waals surface area contributed by atoms with E-state index in [-0.39, 0.29) is 0 Å². The SMILES string of the molecule is C[N](C)[Zr]([CH2]c1ccccc1)([N](C)C)[N](C)C. The molecule has 0 atom stereocenters. The normalized spacial score (nSPS) is 12.8. The van der Waals surface area contributed by atoms with E-state index in [1.54, 1.807) is 0 Å². The van der Waals surface area contributed by atoms with E-state index in [1.165, 1.54) is 9.69 Å². The molecule has 3 nitrogen and oxygen atoms in total. The standard InChI is InChI=1S/C7H7.3C2H6N.Zr/c1-7-5-3-2-4-6-7;3*1-3-2;/h2-6H,1H2;3*1-2H3;/q;3*-1;+3. The van der Waals surface area contributed by atoms with Crippen molar-refractivity contribution in [2.24, 2.45) is 0 Å². The summed E-state index contributed by atoms with van der Waals surface area (Å²) in [4.78, 5) is 0. The third-order valence-corrected chi connectivity index (χ3v) is 16.2. The predicted octanol–water partition coefficient (Wildman–Crippen LogP) is 1.77. The van der Waals surface area contributed by atoms with Crippen molar-refractivity contribution >= 4 is 0 Å². The Morgan fingerprint density at radius 2 is 1.18 bits per heavy atom. The van der Waals surface area contributed by atoms with Gasteiger partial charge in [0.05, 0.1) is 0 Å². The van der Waals surface area contributed by atoms with E-state index in [4.69, 9.17) is 0 Å². The molecule has 0 aliphatic heterocycles. The van der Waals surface area contributed by atoms with Crippen LogP contribution in [0.15, 0.2) is 30.3 Å². The van der Waals surface area contributed by atoms with Gasteiger partial charge in [-0.25, -0.2) is 0 Å². The molecule has 96 valence electrons. The molecular weight excluding hydrogens is 289 g/mol. The van der Waals surface area contributed by atoms with Gasteiger partial charge in [-0.15, -0.1) is 0 Å². The molecule has 0 aliphatic carbocycles. The summed E-state index contributed by atoms with van der Waals surface area (Å²) in [5.74, 6) is 0. The zero-order valence-corrected chi connectivity index (χ0v) is 14.4. The van der Waals surface area contributed by atoms with Gasteiger partial charge in [0.1, 0.15) is 0 Å². The first-order chi connectivity index (χ1) is 7.91. The number of rotatable bonds is 5. The average Bonchev–Trinajstić information content (AvgIpc) is 2.25. The summed E-state index contributed by atoms with van der Waals surface area (Å²) in [5.41, 5.74) is 1.44. The van der Waals surface area contributed by atoms with Gasteiger partial charge in [-0.1, -0.05) is 0 Å². The Bertz CT molecular complexity index is 314. The Morgan fingerprint density at radius 3 is 1.53 bits per heavy atom. The average molecular weight is 315 g/mol. The molecule has 17 heavy (non-hydrogen) atoms. The zero-order valence-electron chi connectivity index (χ0n) is 11.9. The molecule has 0 spiro atoms. The van der Waals surface area contributed by atoms with Gasteiger partial charge in [-0.3, -0.25) is 0 Å². The van der Waals surface area contributed by atoms with Crippen molar-refractivity contribution in [2.75, 3.05) is 42.3 Å². The Morgan fingerprint density at radius 1 is 0.765 bits per heavy atom. The number of hydrogen-bond acceptors (Lipinski definition) is 3. The summed E-state index contributed by atoms with van der Waals surface area (Å²) in [7, 11) is 13.3. The van der Waals surface area contributed by atoms with Crippen LogP contribution in [0.3, 0.4) is 0 Å². The van der Waals surface area contributed by atoms with Crippen LogP contribution in [0.25, 0.3) is 0 Å². The van der Waals surface area contributed by atoms with Crippen LogP contribution in [0.2, 0.25) is 0 Å². The van der Waals surface area contributed by atoms with Crippen molar-refractivity contribution < 1.29 is 21.1 Å². The number of benzene rings is 1. The molecule has 0 radical (unpaired) electrons. The summed E-state index contributed by atoms with van der Waals surface area (Å²) in [6, 6.07) is 10.8. The fourth-order valence-electron chi connectivity index (χ4n) is 2.54. The number of hydrogen-bond donors (Lipinski definition) is 0. The maximum absolute atomic E-state index is 2.62. The summed E-state index contributed by atoms with van der Waals surface area (Å²) < 4.78 is 8.60. The summed E-state index contributed by atoms with van der Waals surface area (Å²) in [6.45, 7) is 0. The molecule has 0 aliphatic rings. The van der Waals surface area contributed by atoms with Gasteiger partial charge < -0.3 is 0 Å². The van der Waals surface area contributed by atoms with E-state index in [9.17, 15) is 0 Å². The van der Waals surface area contributed by atoms with Gasteiger partial charge in [0, 0.05) is 0 Å². The monoisotopic (exact) mass is 313 g/mol. The maximum atomic E-state index is 2.47. The molecule has 1 rings (SSSR count). The van der Waals surface area contributed by atoms with Gasteiger partial charge in [0.25, 0.3) is 0 Å².